The number of carboxylic acid groups (broad SMARTS) is 1. The summed E-state index contributed by atoms with van der Waals surface area (Å²) in [5, 5.41) is 20.8. The third-order valence-corrected chi connectivity index (χ3v) is 4.28. The number of nitro groups is 1. The highest BCUT2D eigenvalue weighted by Crippen LogP contribution is 2.35. The lowest BCUT2D eigenvalue weighted by Crippen LogP contribution is -2.07. The Bertz CT molecular complexity index is 758. The zero-order chi connectivity index (χ0) is 17.7. The summed E-state index contributed by atoms with van der Waals surface area (Å²) in [6.45, 7) is 4.51. The van der Waals surface area contributed by atoms with Crippen LogP contribution in [-0.2, 0) is 4.74 Å². The highest BCUT2D eigenvalue weighted by Gasteiger charge is 2.20. The maximum absolute atomic E-state index is 11.3. The average molecular weight is 352 g/mol. The first-order valence-corrected chi connectivity index (χ1v) is 7.95. The van der Waals surface area contributed by atoms with Gasteiger partial charge in [0.25, 0.3) is 0 Å². The lowest BCUT2D eigenvalue weighted by atomic mass is 10.2. The smallest absolute Gasteiger partial charge is 0.347 e. The van der Waals surface area contributed by atoms with E-state index in [4.69, 9.17) is 14.6 Å². The third kappa shape index (κ3) is 4.06. The molecule has 2 rings (SSSR count). The number of rotatable bonds is 8. The molecule has 1 aromatic heterocycles. The molecular formula is C15H16N2O6S. The molecule has 0 bridgehead atoms. The van der Waals surface area contributed by atoms with Gasteiger partial charge in [-0.25, -0.2) is 9.78 Å². The van der Waals surface area contributed by atoms with Gasteiger partial charge in [0.2, 0.25) is 0 Å². The lowest BCUT2D eigenvalue weighted by Gasteiger charge is -2.07. The maximum atomic E-state index is 11.3. The molecule has 128 valence electrons. The summed E-state index contributed by atoms with van der Waals surface area (Å²) in [6.07, 6.45) is 0. The van der Waals surface area contributed by atoms with E-state index in [1.807, 2.05) is 6.92 Å². The van der Waals surface area contributed by atoms with Gasteiger partial charge in [-0.2, -0.15) is 0 Å². The number of hydrogen-bond acceptors (Lipinski definition) is 7. The predicted octanol–water partition coefficient (Wildman–Crippen LogP) is 3.14. The Morgan fingerprint density at radius 3 is 2.75 bits per heavy atom. The minimum absolute atomic E-state index is 0.115. The van der Waals surface area contributed by atoms with Gasteiger partial charge in [0.1, 0.15) is 16.5 Å². The molecule has 0 amide bonds. The van der Waals surface area contributed by atoms with Crippen LogP contribution in [0.5, 0.6) is 5.75 Å². The van der Waals surface area contributed by atoms with Crippen LogP contribution in [0.15, 0.2) is 18.2 Å². The van der Waals surface area contributed by atoms with Gasteiger partial charge < -0.3 is 14.6 Å². The molecule has 0 spiro atoms. The van der Waals surface area contributed by atoms with Crippen LogP contribution in [0.3, 0.4) is 0 Å². The fourth-order valence-corrected chi connectivity index (χ4v) is 2.89. The number of ether oxygens (including phenoxy) is 2. The van der Waals surface area contributed by atoms with Crippen LogP contribution in [0.4, 0.5) is 5.69 Å². The summed E-state index contributed by atoms with van der Waals surface area (Å²) >= 11 is 0.977. The molecule has 2 aromatic rings. The highest BCUT2D eigenvalue weighted by molar-refractivity contribution is 7.17. The second kappa shape index (κ2) is 7.84. The normalized spacial score (nSPS) is 10.6. The van der Waals surface area contributed by atoms with Crippen molar-refractivity contribution >= 4 is 23.0 Å². The fraction of sp³-hybridized carbons (Fsp3) is 0.333. The van der Waals surface area contributed by atoms with E-state index in [1.54, 1.807) is 13.0 Å². The molecule has 0 saturated heterocycles. The quantitative estimate of drug-likeness (QED) is 0.441. The molecule has 0 fully saturated rings. The molecule has 0 aliphatic heterocycles. The van der Waals surface area contributed by atoms with Crippen LogP contribution in [-0.4, -0.2) is 40.8 Å². The number of thiazole rings is 1. The molecule has 1 aromatic carbocycles. The van der Waals surface area contributed by atoms with Gasteiger partial charge in [0.05, 0.1) is 17.2 Å². The summed E-state index contributed by atoms with van der Waals surface area (Å²) in [5.74, 6) is -0.934. The molecule has 0 aliphatic carbocycles. The summed E-state index contributed by atoms with van der Waals surface area (Å²) in [5.41, 5.74) is 0.648. The van der Waals surface area contributed by atoms with Gasteiger partial charge in [-0.15, -0.1) is 11.3 Å². The Kier molecular flexibility index (Phi) is 5.83. The topological polar surface area (TPSA) is 112 Å². The first-order chi connectivity index (χ1) is 11.4. The molecule has 9 heteroatoms. The largest absolute Gasteiger partial charge is 0.484 e. The van der Waals surface area contributed by atoms with Crippen molar-refractivity contribution < 1.29 is 24.3 Å². The number of carboxylic acids is 1. The Morgan fingerprint density at radius 1 is 1.42 bits per heavy atom. The molecule has 0 unspecified atom stereocenters. The molecule has 0 radical (unpaired) electrons. The minimum atomic E-state index is -1.07. The number of aromatic carboxylic acids is 1. The van der Waals surface area contributed by atoms with Gasteiger partial charge in [-0.3, -0.25) is 10.1 Å². The van der Waals surface area contributed by atoms with Crippen molar-refractivity contribution in [2.75, 3.05) is 19.8 Å². The molecule has 0 aliphatic rings. The van der Waals surface area contributed by atoms with Crippen molar-refractivity contribution in [2.45, 2.75) is 13.8 Å². The second-order valence-electron chi connectivity index (χ2n) is 4.72. The van der Waals surface area contributed by atoms with E-state index in [2.05, 4.69) is 4.98 Å². The number of carbonyl (C=O) groups is 1. The number of nitrogens with zero attached hydrogens (tertiary/aromatic N) is 2. The van der Waals surface area contributed by atoms with Crippen molar-refractivity contribution in [3.63, 3.8) is 0 Å². The number of benzene rings is 1. The van der Waals surface area contributed by atoms with E-state index in [1.165, 1.54) is 12.1 Å². The Balaban J connectivity index is 2.29. The molecule has 0 atom stereocenters. The zero-order valence-electron chi connectivity index (χ0n) is 13.1. The van der Waals surface area contributed by atoms with E-state index in [-0.39, 0.29) is 22.9 Å². The predicted molar refractivity (Wildman–Crippen MR) is 87.9 cm³/mol. The Hall–Kier alpha value is -2.52. The summed E-state index contributed by atoms with van der Waals surface area (Å²) in [6, 6.07) is 4.43. The summed E-state index contributed by atoms with van der Waals surface area (Å²) < 4.78 is 10.5. The van der Waals surface area contributed by atoms with Gasteiger partial charge >= 0.3 is 11.7 Å². The van der Waals surface area contributed by atoms with Crippen LogP contribution in [0.2, 0.25) is 0 Å². The first kappa shape index (κ1) is 17.8. The van der Waals surface area contributed by atoms with E-state index in [9.17, 15) is 14.9 Å². The van der Waals surface area contributed by atoms with Crippen molar-refractivity contribution in [1.82, 2.24) is 4.98 Å². The first-order valence-electron chi connectivity index (χ1n) is 7.14. The van der Waals surface area contributed by atoms with Gasteiger partial charge in [0, 0.05) is 18.2 Å². The Morgan fingerprint density at radius 2 is 2.17 bits per heavy atom. The molecular weight excluding hydrogens is 336 g/mol. The lowest BCUT2D eigenvalue weighted by molar-refractivity contribution is -0.385. The third-order valence-electron chi connectivity index (χ3n) is 3.08. The van der Waals surface area contributed by atoms with E-state index in [0.29, 0.717) is 29.5 Å². The van der Waals surface area contributed by atoms with Gasteiger partial charge in [-0.05, 0) is 26.0 Å². The number of hydrogen-bond donors (Lipinski definition) is 1. The minimum Gasteiger partial charge on any atom is -0.484 e. The Labute approximate surface area is 141 Å². The van der Waals surface area contributed by atoms with Crippen molar-refractivity contribution in [1.29, 1.82) is 0 Å². The summed E-state index contributed by atoms with van der Waals surface area (Å²) in [7, 11) is 0. The average Bonchev–Trinajstić information content (AvgIpc) is 2.93. The molecule has 24 heavy (non-hydrogen) atoms. The molecule has 1 heterocycles. The zero-order valence-corrected chi connectivity index (χ0v) is 14.0. The van der Waals surface area contributed by atoms with Crippen LogP contribution in [0.1, 0.15) is 22.3 Å². The highest BCUT2D eigenvalue weighted by atomic mass is 32.1. The second-order valence-corrected chi connectivity index (χ2v) is 5.72. The number of nitro benzene ring substituents is 1. The van der Waals surface area contributed by atoms with Crippen molar-refractivity contribution in [3.05, 3.63) is 38.9 Å². The summed E-state index contributed by atoms with van der Waals surface area (Å²) in [4.78, 5) is 26.1. The maximum Gasteiger partial charge on any atom is 0.347 e. The fourth-order valence-electron chi connectivity index (χ4n) is 1.99. The number of aryl methyl sites for hydroxylation is 1. The van der Waals surface area contributed by atoms with Crippen LogP contribution in [0.25, 0.3) is 10.6 Å². The van der Waals surface area contributed by atoms with E-state index >= 15 is 0 Å². The van der Waals surface area contributed by atoms with Gasteiger partial charge in [-0.1, -0.05) is 0 Å². The SMILES string of the molecule is CCOCCOc1ccc(-c2nc(C)c(C(=O)O)s2)cc1[N+](=O)[O-]. The van der Waals surface area contributed by atoms with Crippen LogP contribution < -0.4 is 4.74 Å². The molecule has 8 nitrogen and oxygen atoms in total. The van der Waals surface area contributed by atoms with Gasteiger partial charge in [0.15, 0.2) is 5.75 Å². The van der Waals surface area contributed by atoms with Crippen LogP contribution in [0, 0.1) is 17.0 Å². The molecule has 1 N–H and O–H groups in total. The van der Waals surface area contributed by atoms with Crippen molar-refractivity contribution in [3.8, 4) is 16.3 Å². The number of aromatic nitrogens is 1. The van der Waals surface area contributed by atoms with Crippen molar-refractivity contribution in [2.24, 2.45) is 0 Å². The molecule has 0 saturated carbocycles. The van der Waals surface area contributed by atoms with E-state index in [0.717, 1.165) is 11.3 Å². The van der Waals surface area contributed by atoms with Crippen LogP contribution >= 0.6 is 11.3 Å². The monoisotopic (exact) mass is 352 g/mol. The standard InChI is InChI=1S/C15H16N2O6S/c1-3-22-6-7-23-12-5-4-10(8-11(12)17(20)21)14-16-9(2)13(24-14)15(18)19/h4-5,8H,3,6-7H2,1-2H3,(H,18,19). The van der Waals surface area contributed by atoms with E-state index < -0.39 is 10.9 Å².